The normalized spacial score (nSPS) is 16.7. The van der Waals surface area contributed by atoms with E-state index < -0.39 is 6.23 Å². The number of carbonyl (C=O) groups excluding carboxylic acids is 1. The molecule has 3 aliphatic heterocycles. The molecule has 1 saturated heterocycles. The number of aromatic nitrogens is 1. The Hall–Kier alpha value is -4.06. The van der Waals surface area contributed by atoms with Crippen molar-refractivity contribution in [3.63, 3.8) is 0 Å². The second-order valence-corrected chi connectivity index (χ2v) is 12.3. The van der Waals surface area contributed by atoms with E-state index in [-0.39, 0.29) is 12.7 Å². The molecule has 10 nitrogen and oxygen atoms in total. The summed E-state index contributed by atoms with van der Waals surface area (Å²) < 4.78 is 17.1. The number of aliphatic hydroxyl groups excluding tert-OH is 1. The molecule has 0 spiro atoms. The Kier molecular flexibility index (Phi) is 8.88. The molecule has 1 fully saturated rings. The minimum Gasteiger partial charge on any atom is -0.454 e. The number of pyridine rings is 1. The zero-order chi connectivity index (χ0) is 31.6. The van der Waals surface area contributed by atoms with Crippen LogP contribution in [0.1, 0.15) is 21.5 Å². The van der Waals surface area contributed by atoms with Gasteiger partial charge in [0.2, 0.25) is 12.7 Å². The van der Waals surface area contributed by atoms with Gasteiger partial charge in [-0.1, -0.05) is 35.3 Å². The van der Waals surface area contributed by atoms with Gasteiger partial charge in [0.05, 0.1) is 28.5 Å². The van der Waals surface area contributed by atoms with Gasteiger partial charge in [-0.25, -0.2) is 4.98 Å². The lowest BCUT2D eigenvalue weighted by Gasteiger charge is -2.38. The molecule has 0 bridgehead atoms. The molecule has 12 heteroatoms. The highest BCUT2D eigenvalue weighted by Gasteiger charge is 2.29. The molecule has 46 heavy (non-hydrogen) atoms. The van der Waals surface area contributed by atoms with Gasteiger partial charge in [0.1, 0.15) is 12.0 Å². The zero-order valence-electron chi connectivity index (χ0n) is 25.0. The topological polar surface area (TPSA) is 99.6 Å². The molecule has 4 aromatic rings. The lowest BCUT2D eigenvalue weighted by Crippen LogP contribution is -2.53. The van der Waals surface area contributed by atoms with Crippen LogP contribution in [-0.4, -0.2) is 78.1 Å². The lowest BCUT2D eigenvalue weighted by atomic mass is 10.1. The number of carbonyl (C=O) groups is 1. The molecular weight excluding hydrogens is 629 g/mol. The number of rotatable bonds is 9. The highest BCUT2D eigenvalue weighted by Crippen LogP contribution is 2.37. The van der Waals surface area contributed by atoms with Gasteiger partial charge in [-0.2, -0.15) is 0 Å². The quantitative estimate of drug-likeness (QED) is 0.235. The molecule has 1 atom stereocenters. The van der Waals surface area contributed by atoms with Crippen molar-refractivity contribution < 1.29 is 24.1 Å². The van der Waals surface area contributed by atoms with Crippen LogP contribution in [0.2, 0.25) is 10.0 Å². The Morgan fingerprint density at radius 1 is 0.957 bits per heavy atom. The average molecular weight is 663 g/mol. The van der Waals surface area contributed by atoms with E-state index in [0.717, 1.165) is 74.2 Å². The molecular formula is C34H33Cl2N5O5. The van der Waals surface area contributed by atoms with Crippen molar-refractivity contribution in [1.82, 2.24) is 14.8 Å². The minimum absolute atomic E-state index is 0.280. The Morgan fingerprint density at radius 3 is 2.61 bits per heavy atom. The van der Waals surface area contributed by atoms with Crippen molar-refractivity contribution in [3.05, 3.63) is 99.7 Å². The van der Waals surface area contributed by atoms with Crippen molar-refractivity contribution in [1.29, 1.82) is 0 Å². The first-order chi connectivity index (χ1) is 22.4. The SMILES string of the molecule is O=C(Nc1ccc(Oc2cccc3c2CCN3CC(O)N2CCN(Cc3ccc4c(c3)OCO4)CC2)nc1)c1ccc(Cl)c(Cl)c1. The van der Waals surface area contributed by atoms with Gasteiger partial charge in [-0.05, 0) is 60.5 Å². The third kappa shape index (κ3) is 6.72. The number of benzene rings is 3. The summed E-state index contributed by atoms with van der Waals surface area (Å²) in [4.78, 5) is 23.8. The van der Waals surface area contributed by atoms with E-state index in [1.54, 1.807) is 30.5 Å². The standard InChI is InChI=1S/C34H33Cl2N5O5/c35-26-7-5-23(17-27(26)36)34(43)38-24-6-9-32(37-18-24)46-29-3-1-2-28-25(29)10-11-41(28)20-33(42)40-14-12-39(13-15-40)19-22-4-8-30-31(16-22)45-21-44-30/h1-9,16-18,33,42H,10-15,19-21H2,(H,38,43). The highest BCUT2D eigenvalue weighted by atomic mass is 35.5. The number of nitrogens with zero attached hydrogens (tertiary/aromatic N) is 4. The van der Waals surface area contributed by atoms with Gasteiger partial charge in [0, 0.05) is 62.1 Å². The van der Waals surface area contributed by atoms with Crippen molar-refractivity contribution in [2.24, 2.45) is 0 Å². The molecule has 1 unspecified atom stereocenters. The summed E-state index contributed by atoms with van der Waals surface area (Å²) in [5.74, 6) is 2.43. The smallest absolute Gasteiger partial charge is 0.255 e. The molecule has 3 aliphatic rings. The Labute approximate surface area is 277 Å². The minimum atomic E-state index is -0.573. The summed E-state index contributed by atoms with van der Waals surface area (Å²) in [5, 5.41) is 14.7. The predicted molar refractivity (Wildman–Crippen MR) is 177 cm³/mol. The number of piperazine rings is 1. The molecule has 0 aliphatic carbocycles. The molecule has 7 rings (SSSR count). The van der Waals surface area contributed by atoms with Gasteiger partial charge in [-0.15, -0.1) is 0 Å². The van der Waals surface area contributed by atoms with E-state index >= 15 is 0 Å². The number of hydrogen-bond donors (Lipinski definition) is 2. The first kappa shape index (κ1) is 30.6. The van der Waals surface area contributed by atoms with Crippen LogP contribution >= 0.6 is 23.2 Å². The van der Waals surface area contributed by atoms with Crippen molar-refractivity contribution >= 4 is 40.5 Å². The van der Waals surface area contributed by atoms with Gasteiger partial charge >= 0.3 is 0 Å². The van der Waals surface area contributed by atoms with Crippen LogP contribution in [0.3, 0.4) is 0 Å². The van der Waals surface area contributed by atoms with E-state index in [2.05, 4.69) is 43.2 Å². The number of fused-ring (bicyclic) bond motifs is 2. The van der Waals surface area contributed by atoms with Gasteiger partial charge < -0.3 is 29.5 Å². The number of halogens is 2. The van der Waals surface area contributed by atoms with E-state index in [4.69, 9.17) is 37.4 Å². The van der Waals surface area contributed by atoms with Crippen LogP contribution in [0.15, 0.2) is 72.9 Å². The van der Waals surface area contributed by atoms with Crippen LogP contribution in [0.25, 0.3) is 0 Å². The molecule has 0 radical (unpaired) electrons. The predicted octanol–water partition coefficient (Wildman–Crippen LogP) is 5.66. The Bertz CT molecular complexity index is 1730. The third-order valence-corrected chi connectivity index (χ3v) is 9.27. The number of nitrogens with one attached hydrogen (secondary N) is 1. The summed E-state index contributed by atoms with van der Waals surface area (Å²) in [7, 11) is 0. The van der Waals surface area contributed by atoms with Crippen molar-refractivity contribution in [3.8, 4) is 23.1 Å². The summed E-state index contributed by atoms with van der Waals surface area (Å²) in [6.45, 7) is 5.79. The zero-order valence-corrected chi connectivity index (χ0v) is 26.5. The van der Waals surface area contributed by atoms with Crippen molar-refractivity contribution in [2.75, 3.05) is 56.3 Å². The number of aliphatic hydroxyl groups is 1. The Morgan fingerprint density at radius 2 is 1.80 bits per heavy atom. The summed E-state index contributed by atoms with van der Waals surface area (Å²) >= 11 is 12.0. The van der Waals surface area contributed by atoms with Gasteiger partial charge in [0.25, 0.3) is 5.91 Å². The molecule has 1 amide bonds. The van der Waals surface area contributed by atoms with Crippen LogP contribution in [0.5, 0.6) is 23.1 Å². The van der Waals surface area contributed by atoms with Gasteiger partial charge in [0.15, 0.2) is 11.5 Å². The highest BCUT2D eigenvalue weighted by molar-refractivity contribution is 6.42. The summed E-state index contributed by atoms with van der Waals surface area (Å²) in [6.07, 6.45) is 1.78. The molecule has 2 N–H and O–H groups in total. The first-order valence-electron chi connectivity index (χ1n) is 15.2. The van der Waals surface area contributed by atoms with Crippen LogP contribution in [-0.2, 0) is 13.0 Å². The summed E-state index contributed by atoms with van der Waals surface area (Å²) in [5.41, 5.74) is 4.26. The Balaban J connectivity index is 0.919. The second-order valence-electron chi connectivity index (χ2n) is 11.5. The van der Waals surface area contributed by atoms with E-state index in [1.165, 1.54) is 11.6 Å². The monoisotopic (exact) mass is 661 g/mol. The first-order valence-corrected chi connectivity index (χ1v) is 16.0. The maximum absolute atomic E-state index is 12.6. The van der Waals surface area contributed by atoms with E-state index in [9.17, 15) is 9.90 Å². The number of hydrogen-bond acceptors (Lipinski definition) is 9. The number of ether oxygens (including phenoxy) is 3. The summed E-state index contributed by atoms with van der Waals surface area (Å²) in [6, 6.07) is 20.2. The van der Waals surface area contributed by atoms with Crippen molar-refractivity contribution in [2.45, 2.75) is 19.2 Å². The largest absolute Gasteiger partial charge is 0.454 e. The molecule has 4 heterocycles. The van der Waals surface area contributed by atoms with E-state index in [0.29, 0.717) is 33.7 Å². The van der Waals surface area contributed by atoms with Gasteiger partial charge in [-0.3, -0.25) is 14.6 Å². The maximum atomic E-state index is 12.6. The third-order valence-electron chi connectivity index (χ3n) is 8.53. The van der Waals surface area contributed by atoms with Crippen LogP contribution < -0.4 is 24.4 Å². The fourth-order valence-electron chi connectivity index (χ4n) is 6.05. The fourth-order valence-corrected chi connectivity index (χ4v) is 6.35. The molecule has 0 saturated carbocycles. The lowest BCUT2D eigenvalue weighted by molar-refractivity contribution is -0.0210. The second kappa shape index (κ2) is 13.4. The maximum Gasteiger partial charge on any atom is 0.255 e. The molecule has 1 aromatic heterocycles. The molecule has 238 valence electrons. The van der Waals surface area contributed by atoms with Crippen LogP contribution in [0.4, 0.5) is 11.4 Å². The average Bonchev–Trinajstić information content (AvgIpc) is 3.71. The van der Waals surface area contributed by atoms with E-state index in [1.807, 2.05) is 18.2 Å². The molecule has 3 aromatic carbocycles. The fraction of sp³-hybridized carbons (Fsp3) is 0.294. The number of anilines is 2. The number of amides is 1. The number of β-amino-alcohol motifs (C(OH)–C–C–N with tert-alkyl or cyclic N) is 1. The van der Waals surface area contributed by atoms with Crippen LogP contribution in [0, 0.1) is 0 Å².